The lowest BCUT2D eigenvalue weighted by Gasteiger charge is -2.07. The van der Waals surface area contributed by atoms with E-state index in [1.807, 2.05) is 0 Å². The van der Waals surface area contributed by atoms with Crippen LogP contribution in [0.5, 0.6) is 0 Å². The molecule has 0 bridgehead atoms. The van der Waals surface area contributed by atoms with Gasteiger partial charge in [-0.2, -0.15) is 0 Å². The Labute approximate surface area is 117 Å². The molecule has 1 aromatic carbocycles. The highest BCUT2D eigenvalue weighted by molar-refractivity contribution is 7.91. The summed E-state index contributed by atoms with van der Waals surface area (Å²) in [5.41, 5.74) is 6.07. The molecule has 0 radical (unpaired) electrons. The van der Waals surface area contributed by atoms with Crippen LogP contribution >= 0.6 is 0 Å². The molecule has 3 nitrogen and oxygen atoms in total. The summed E-state index contributed by atoms with van der Waals surface area (Å²) in [7, 11) is -3.21. The number of para-hydroxylation sites is 1. The van der Waals surface area contributed by atoms with Gasteiger partial charge in [0.15, 0.2) is 9.84 Å². The van der Waals surface area contributed by atoms with Crippen LogP contribution in [-0.2, 0) is 9.84 Å². The van der Waals surface area contributed by atoms with Gasteiger partial charge in [0.2, 0.25) is 0 Å². The van der Waals surface area contributed by atoms with Crippen LogP contribution in [0.2, 0.25) is 0 Å². The van der Waals surface area contributed by atoms with E-state index in [9.17, 15) is 8.42 Å². The number of benzene rings is 1. The molecule has 0 fully saturated rings. The van der Waals surface area contributed by atoms with E-state index < -0.39 is 9.84 Å². The monoisotopic (exact) mass is 283 g/mol. The first-order valence-electron chi connectivity index (χ1n) is 7.15. The molecule has 0 unspecified atom stereocenters. The van der Waals surface area contributed by atoms with Crippen molar-refractivity contribution < 1.29 is 8.42 Å². The van der Waals surface area contributed by atoms with Crippen LogP contribution in [0.15, 0.2) is 29.2 Å². The second-order valence-electron chi connectivity index (χ2n) is 4.98. The van der Waals surface area contributed by atoms with Gasteiger partial charge in [0, 0.05) is 0 Å². The van der Waals surface area contributed by atoms with Gasteiger partial charge in [-0.1, -0.05) is 57.6 Å². The standard InChI is InChI=1S/C15H25NO2S/c1-2-3-4-5-6-7-10-13-19(17,18)15-12-9-8-11-14(15)16/h8-9,11-12H,2-7,10,13,16H2,1H3. The zero-order valence-electron chi connectivity index (χ0n) is 11.8. The Kier molecular flexibility index (Phi) is 6.92. The van der Waals surface area contributed by atoms with Crippen molar-refractivity contribution in [2.24, 2.45) is 0 Å². The van der Waals surface area contributed by atoms with E-state index in [0.29, 0.717) is 5.69 Å². The van der Waals surface area contributed by atoms with Crippen molar-refractivity contribution in [3.8, 4) is 0 Å². The molecule has 0 aliphatic carbocycles. The van der Waals surface area contributed by atoms with Crippen molar-refractivity contribution in [3.63, 3.8) is 0 Å². The summed E-state index contributed by atoms with van der Waals surface area (Å²) >= 11 is 0. The first kappa shape index (κ1) is 16.0. The zero-order chi connectivity index (χ0) is 14.1. The number of rotatable bonds is 9. The van der Waals surface area contributed by atoms with Crippen LogP contribution in [0, 0.1) is 0 Å². The molecule has 2 N–H and O–H groups in total. The molecule has 0 saturated heterocycles. The summed E-state index contributed by atoms with van der Waals surface area (Å²) in [6, 6.07) is 6.69. The summed E-state index contributed by atoms with van der Waals surface area (Å²) in [6.07, 6.45) is 7.81. The molecule has 108 valence electrons. The Balaban J connectivity index is 2.34. The Morgan fingerprint density at radius 1 is 0.947 bits per heavy atom. The number of hydrogen-bond acceptors (Lipinski definition) is 3. The lowest BCUT2D eigenvalue weighted by molar-refractivity contribution is 0.579. The first-order chi connectivity index (χ1) is 9.08. The highest BCUT2D eigenvalue weighted by atomic mass is 32.2. The van der Waals surface area contributed by atoms with Crippen LogP contribution in [0.25, 0.3) is 0 Å². The quantitative estimate of drug-likeness (QED) is 0.554. The van der Waals surface area contributed by atoms with Crippen molar-refractivity contribution in [2.75, 3.05) is 11.5 Å². The van der Waals surface area contributed by atoms with E-state index in [-0.39, 0.29) is 10.6 Å². The van der Waals surface area contributed by atoms with E-state index in [1.54, 1.807) is 24.3 Å². The highest BCUT2D eigenvalue weighted by Crippen LogP contribution is 2.20. The van der Waals surface area contributed by atoms with Gasteiger partial charge in [-0.25, -0.2) is 8.42 Å². The summed E-state index contributed by atoms with van der Waals surface area (Å²) in [4.78, 5) is 0.279. The molecule has 0 amide bonds. The van der Waals surface area contributed by atoms with E-state index in [0.717, 1.165) is 19.3 Å². The Morgan fingerprint density at radius 3 is 2.16 bits per heavy atom. The SMILES string of the molecule is CCCCCCCCCS(=O)(=O)c1ccccc1N. The molecule has 0 aliphatic rings. The van der Waals surface area contributed by atoms with Crippen LogP contribution in [0.3, 0.4) is 0 Å². The third-order valence-corrected chi connectivity index (χ3v) is 5.14. The van der Waals surface area contributed by atoms with E-state index in [1.165, 1.54) is 25.7 Å². The van der Waals surface area contributed by atoms with Crippen molar-refractivity contribution in [1.82, 2.24) is 0 Å². The fourth-order valence-corrected chi connectivity index (χ4v) is 3.64. The molecule has 1 rings (SSSR count). The van der Waals surface area contributed by atoms with Gasteiger partial charge in [0.1, 0.15) is 0 Å². The molecular weight excluding hydrogens is 258 g/mol. The molecule has 0 aliphatic heterocycles. The topological polar surface area (TPSA) is 60.2 Å². The number of anilines is 1. The lowest BCUT2D eigenvalue weighted by Crippen LogP contribution is -2.09. The summed E-state index contributed by atoms with van der Waals surface area (Å²) in [5, 5.41) is 0. The molecule has 0 spiro atoms. The summed E-state index contributed by atoms with van der Waals surface area (Å²) in [5.74, 6) is 0.203. The van der Waals surface area contributed by atoms with Gasteiger partial charge >= 0.3 is 0 Å². The number of sulfone groups is 1. The maximum Gasteiger partial charge on any atom is 0.180 e. The first-order valence-corrected chi connectivity index (χ1v) is 8.80. The van der Waals surface area contributed by atoms with Crippen LogP contribution in [0.1, 0.15) is 51.9 Å². The fourth-order valence-electron chi connectivity index (χ4n) is 2.12. The number of nitrogens with two attached hydrogens (primary N) is 1. The molecule has 1 aromatic rings. The largest absolute Gasteiger partial charge is 0.398 e. The van der Waals surface area contributed by atoms with Crippen LogP contribution < -0.4 is 5.73 Å². The third kappa shape index (κ3) is 5.64. The average Bonchev–Trinajstić information content (AvgIpc) is 2.38. The third-order valence-electron chi connectivity index (χ3n) is 3.27. The Morgan fingerprint density at radius 2 is 1.53 bits per heavy atom. The van der Waals surface area contributed by atoms with Crippen LogP contribution in [-0.4, -0.2) is 14.2 Å². The predicted molar refractivity (Wildman–Crippen MR) is 80.9 cm³/mol. The minimum atomic E-state index is -3.21. The Hall–Kier alpha value is -1.03. The molecule has 0 saturated carbocycles. The smallest absolute Gasteiger partial charge is 0.180 e. The molecule has 4 heteroatoms. The van der Waals surface area contributed by atoms with Gasteiger partial charge in [-0.15, -0.1) is 0 Å². The lowest BCUT2D eigenvalue weighted by atomic mass is 10.1. The minimum absolute atomic E-state index is 0.203. The molecule has 0 heterocycles. The van der Waals surface area contributed by atoms with Gasteiger partial charge in [-0.3, -0.25) is 0 Å². The van der Waals surface area contributed by atoms with E-state index >= 15 is 0 Å². The van der Waals surface area contributed by atoms with Gasteiger partial charge in [0.05, 0.1) is 16.3 Å². The fraction of sp³-hybridized carbons (Fsp3) is 0.600. The number of unbranched alkanes of at least 4 members (excludes halogenated alkanes) is 6. The van der Waals surface area contributed by atoms with Crippen molar-refractivity contribution >= 4 is 15.5 Å². The maximum absolute atomic E-state index is 12.1. The van der Waals surface area contributed by atoms with E-state index in [2.05, 4.69) is 6.92 Å². The molecule has 0 aromatic heterocycles. The van der Waals surface area contributed by atoms with E-state index in [4.69, 9.17) is 5.73 Å². The zero-order valence-corrected chi connectivity index (χ0v) is 12.6. The predicted octanol–water partition coefficient (Wildman–Crippen LogP) is 3.79. The molecule has 19 heavy (non-hydrogen) atoms. The maximum atomic E-state index is 12.1. The minimum Gasteiger partial charge on any atom is -0.398 e. The molecular formula is C15H25NO2S. The normalized spacial score (nSPS) is 11.6. The number of nitrogen functional groups attached to an aromatic ring is 1. The van der Waals surface area contributed by atoms with Gasteiger partial charge in [0.25, 0.3) is 0 Å². The second kappa shape index (κ2) is 8.20. The number of hydrogen-bond donors (Lipinski definition) is 1. The summed E-state index contributed by atoms with van der Waals surface area (Å²) < 4.78 is 24.2. The van der Waals surface area contributed by atoms with Crippen LogP contribution in [0.4, 0.5) is 5.69 Å². The second-order valence-corrected chi connectivity index (χ2v) is 7.06. The van der Waals surface area contributed by atoms with Gasteiger partial charge in [-0.05, 0) is 18.6 Å². The van der Waals surface area contributed by atoms with Crippen molar-refractivity contribution in [2.45, 2.75) is 56.8 Å². The average molecular weight is 283 g/mol. The van der Waals surface area contributed by atoms with Crippen molar-refractivity contribution in [1.29, 1.82) is 0 Å². The van der Waals surface area contributed by atoms with Crippen molar-refractivity contribution in [3.05, 3.63) is 24.3 Å². The van der Waals surface area contributed by atoms with Gasteiger partial charge < -0.3 is 5.73 Å². The highest BCUT2D eigenvalue weighted by Gasteiger charge is 2.16. The molecule has 0 atom stereocenters. The summed E-state index contributed by atoms with van der Waals surface area (Å²) in [6.45, 7) is 2.19. The Bertz CT molecular complexity index is 469.